The fourth-order valence-corrected chi connectivity index (χ4v) is 3.05. The molecule has 9 heteroatoms. The predicted molar refractivity (Wildman–Crippen MR) is 126 cm³/mol. The van der Waals surface area contributed by atoms with Gasteiger partial charge < -0.3 is 14.2 Å². The second kappa shape index (κ2) is 11.1. The monoisotopic (exact) mass is 464 g/mol. The quantitative estimate of drug-likeness (QED) is 0.426. The van der Waals surface area contributed by atoms with E-state index in [1.54, 1.807) is 18.2 Å². The molecule has 1 N–H and O–H groups in total. The normalized spacial score (nSPS) is 17.5. The van der Waals surface area contributed by atoms with E-state index in [-0.39, 0.29) is 19.1 Å². The molecular formula is C24H21ClN4O4. The van der Waals surface area contributed by atoms with Crippen molar-refractivity contribution in [3.8, 4) is 11.5 Å². The summed E-state index contributed by atoms with van der Waals surface area (Å²) in [5.41, 5.74) is 4.90. The van der Waals surface area contributed by atoms with Crippen molar-refractivity contribution in [2.45, 2.75) is 6.10 Å². The molecule has 1 aliphatic heterocycles. The van der Waals surface area contributed by atoms with E-state index >= 15 is 0 Å². The van der Waals surface area contributed by atoms with E-state index in [9.17, 15) is 4.79 Å². The predicted octanol–water partition coefficient (Wildman–Crippen LogP) is 5.17. The van der Waals surface area contributed by atoms with E-state index in [1.807, 2.05) is 60.7 Å². The first-order valence-corrected chi connectivity index (χ1v) is 10.8. The van der Waals surface area contributed by atoms with Crippen LogP contribution in [-0.2, 0) is 9.53 Å². The van der Waals surface area contributed by atoms with Crippen LogP contribution in [0.1, 0.15) is 5.56 Å². The molecular weight excluding hydrogens is 444 g/mol. The van der Waals surface area contributed by atoms with E-state index in [0.29, 0.717) is 28.7 Å². The van der Waals surface area contributed by atoms with Crippen LogP contribution in [0.5, 0.6) is 11.5 Å². The molecule has 8 nitrogen and oxygen atoms in total. The maximum atomic E-state index is 11.8. The number of carbonyl (C=O) groups excluding carboxylic acids is 1. The summed E-state index contributed by atoms with van der Waals surface area (Å²) in [5, 5.41) is 13.2. The zero-order valence-electron chi connectivity index (χ0n) is 17.6. The molecule has 0 spiro atoms. The summed E-state index contributed by atoms with van der Waals surface area (Å²) in [5.74, 6) is 0.551. The Morgan fingerprint density at radius 3 is 2.36 bits per heavy atom. The number of azo groups is 1. The highest BCUT2D eigenvalue weighted by molar-refractivity contribution is 6.26. The summed E-state index contributed by atoms with van der Waals surface area (Å²) in [6.45, 7) is 0.102. The lowest BCUT2D eigenvalue weighted by atomic mass is 10.2. The van der Waals surface area contributed by atoms with Crippen LogP contribution >= 0.6 is 11.6 Å². The maximum Gasteiger partial charge on any atom is 0.321 e. The molecule has 0 saturated heterocycles. The van der Waals surface area contributed by atoms with Gasteiger partial charge in [-0.05, 0) is 24.3 Å². The van der Waals surface area contributed by atoms with Gasteiger partial charge in [-0.2, -0.15) is 5.10 Å². The SMILES string of the molecule is O=C(CCl)OC1COc2ccccc2N=N/C(c2ccccc2)=N\Nc2ccccc2OC1. The van der Waals surface area contributed by atoms with Crippen molar-refractivity contribution < 1.29 is 19.0 Å². The summed E-state index contributed by atoms with van der Waals surface area (Å²) in [4.78, 5) is 11.8. The molecule has 0 radical (unpaired) electrons. The highest BCUT2D eigenvalue weighted by Crippen LogP contribution is 2.29. The smallest absolute Gasteiger partial charge is 0.321 e. The number of benzene rings is 3. The number of carbonyl (C=O) groups is 1. The van der Waals surface area contributed by atoms with Crippen molar-refractivity contribution >= 4 is 34.8 Å². The van der Waals surface area contributed by atoms with E-state index < -0.39 is 12.1 Å². The average Bonchev–Trinajstić information content (AvgIpc) is 2.86. The third-order valence-electron chi connectivity index (χ3n) is 4.58. The minimum absolute atomic E-state index is 0.0460. The second-order valence-corrected chi connectivity index (χ2v) is 7.21. The van der Waals surface area contributed by atoms with Gasteiger partial charge in [0.15, 0.2) is 6.10 Å². The Morgan fingerprint density at radius 1 is 0.909 bits per heavy atom. The molecule has 0 fully saturated rings. The van der Waals surface area contributed by atoms with Crippen LogP contribution in [-0.4, -0.2) is 37.0 Å². The molecule has 1 unspecified atom stereocenters. The van der Waals surface area contributed by atoms with Gasteiger partial charge in [0.2, 0.25) is 5.84 Å². The van der Waals surface area contributed by atoms with Crippen LogP contribution < -0.4 is 14.9 Å². The van der Waals surface area contributed by atoms with Crippen LogP contribution in [0, 0.1) is 0 Å². The first-order valence-electron chi connectivity index (χ1n) is 10.2. The number of hydrazone groups is 1. The third-order valence-corrected chi connectivity index (χ3v) is 4.79. The Bertz CT molecular complexity index is 1150. The average molecular weight is 465 g/mol. The number of nitrogens with one attached hydrogen (secondary N) is 1. The van der Waals surface area contributed by atoms with Crippen molar-refractivity contribution in [1.82, 2.24) is 0 Å². The Balaban J connectivity index is 1.72. The number of hydrogen-bond donors (Lipinski definition) is 1. The van der Waals surface area contributed by atoms with E-state index in [0.717, 1.165) is 5.56 Å². The van der Waals surface area contributed by atoms with Crippen LogP contribution in [0.2, 0.25) is 0 Å². The fraction of sp³-hybridized carbons (Fsp3) is 0.167. The minimum atomic E-state index is -0.694. The standard InChI is InChI=1S/C24H21ClN4O4/c25-14-23(30)33-18-15-31-21-12-6-4-10-19(21)26-28-24(17-8-2-1-3-9-17)29-27-20-11-5-7-13-22(20)32-16-18/h1-13,18,26H,14-16H2/b28-24-,29-27?. The number of nitrogens with zero attached hydrogens (tertiary/aromatic N) is 3. The molecule has 0 aromatic heterocycles. The molecule has 1 atom stereocenters. The Labute approximate surface area is 195 Å². The molecule has 3 aromatic rings. The first kappa shape index (κ1) is 22.3. The van der Waals surface area contributed by atoms with Gasteiger partial charge >= 0.3 is 5.97 Å². The molecule has 4 rings (SSSR count). The number of ether oxygens (including phenoxy) is 3. The minimum Gasteiger partial charge on any atom is -0.487 e. The molecule has 1 heterocycles. The third kappa shape index (κ3) is 6.08. The van der Waals surface area contributed by atoms with Crippen molar-refractivity contribution in [1.29, 1.82) is 0 Å². The molecule has 0 bridgehead atoms. The molecule has 0 aliphatic carbocycles. The van der Waals surface area contributed by atoms with E-state index in [2.05, 4.69) is 20.8 Å². The van der Waals surface area contributed by atoms with Crippen LogP contribution in [0.3, 0.4) is 0 Å². The number of amidine groups is 1. The van der Waals surface area contributed by atoms with Crippen LogP contribution in [0.15, 0.2) is 94.2 Å². The Hall–Kier alpha value is -3.91. The topological polar surface area (TPSA) is 93.9 Å². The van der Waals surface area contributed by atoms with Gasteiger partial charge in [-0.15, -0.1) is 21.8 Å². The number of anilines is 1. The second-order valence-electron chi connectivity index (χ2n) is 6.94. The zero-order valence-corrected chi connectivity index (χ0v) is 18.3. The summed E-state index contributed by atoms with van der Waals surface area (Å²) in [7, 11) is 0. The molecule has 168 valence electrons. The number of para-hydroxylation sites is 3. The lowest BCUT2D eigenvalue weighted by Gasteiger charge is -2.20. The van der Waals surface area contributed by atoms with Gasteiger partial charge in [0.1, 0.15) is 36.3 Å². The lowest BCUT2D eigenvalue weighted by Crippen LogP contribution is -2.31. The number of rotatable bonds is 3. The maximum absolute atomic E-state index is 11.8. The van der Waals surface area contributed by atoms with Crippen molar-refractivity contribution in [2.24, 2.45) is 15.3 Å². The number of alkyl halides is 1. The summed E-state index contributed by atoms with van der Waals surface area (Å²) >= 11 is 5.61. The zero-order chi connectivity index (χ0) is 22.9. The molecule has 3 aromatic carbocycles. The Morgan fingerprint density at radius 2 is 1.58 bits per heavy atom. The Kier molecular flexibility index (Phi) is 7.50. The lowest BCUT2D eigenvalue weighted by molar-refractivity contribution is -0.149. The summed E-state index contributed by atoms with van der Waals surface area (Å²) in [6.07, 6.45) is -0.694. The van der Waals surface area contributed by atoms with E-state index in [1.165, 1.54) is 0 Å². The van der Waals surface area contributed by atoms with Crippen LogP contribution in [0.25, 0.3) is 0 Å². The number of esters is 1. The summed E-state index contributed by atoms with van der Waals surface area (Å²) < 4.78 is 17.2. The van der Waals surface area contributed by atoms with Crippen molar-refractivity contribution in [3.63, 3.8) is 0 Å². The number of halogens is 1. The molecule has 0 amide bonds. The van der Waals surface area contributed by atoms with Gasteiger partial charge in [0.05, 0.1) is 5.69 Å². The van der Waals surface area contributed by atoms with Crippen LogP contribution in [0.4, 0.5) is 11.4 Å². The van der Waals surface area contributed by atoms with Gasteiger partial charge in [-0.25, -0.2) is 0 Å². The first-order chi connectivity index (χ1) is 16.2. The summed E-state index contributed by atoms with van der Waals surface area (Å²) in [6, 6.07) is 23.9. The number of fused-ring (bicyclic) bond motifs is 2. The van der Waals surface area contributed by atoms with Gasteiger partial charge in [-0.1, -0.05) is 54.6 Å². The highest BCUT2D eigenvalue weighted by atomic mass is 35.5. The molecule has 1 aliphatic rings. The van der Waals surface area contributed by atoms with Crippen molar-refractivity contribution in [3.05, 3.63) is 84.4 Å². The molecule has 0 saturated carbocycles. The van der Waals surface area contributed by atoms with E-state index in [4.69, 9.17) is 25.8 Å². The number of hydrogen-bond acceptors (Lipinski definition) is 8. The van der Waals surface area contributed by atoms with Gasteiger partial charge in [-0.3, -0.25) is 10.2 Å². The largest absolute Gasteiger partial charge is 0.487 e. The van der Waals surface area contributed by atoms with Crippen molar-refractivity contribution in [2.75, 3.05) is 24.5 Å². The fourth-order valence-electron chi connectivity index (χ4n) is 2.99. The van der Waals surface area contributed by atoms with Gasteiger partial charge in [0.25, 0.3) is 0 Å². The highest BCUT2D eigenvalue weighted by Gasteiger charge is 2.18. The molecule has 33 heavy (non-hydrogen) atoms. The van der Waals surface area contributed by atoms with Gasteiger partial charge in [0, 0.05) is 5.56 Å².